The lowest BCUT2D eigenvalue weighted by Crippen LogP contribution is -2.01. The van der Waals surface area contributed by atoms with E-state index < -0.39 is 11.6 Å². The third kappa shape index (κ3) is 3.30. The fraction of sp³-hybridized carbons (Fsp3) is 0.111. The number of aryl methyl sites for hydroxylation is 1. The first-order valence-corrected chi connectivity index (χ1v) is 8.00. The first kappa shape index (κ1) is 17.6. The summed E-state index contributed by atoms with van der Waals surface area (Å²) in [5.41, 5.74) is 1.49. The van der Waals surface area contributed by atoms with E-state index in [9.17, 15) is 8.78 Å². The maximum Gasteiger partial charge on any atom is 0.160 e. The van der Waals surface area contributed by atoms with Crippen molar-refractivity contribution in [3.63, 3.8) is 0 Å². The Morgan fingerprint density at radius 2 is 1.48 bits per heavy atom. The van der Waals surface area contributed by atoms with Gasteiger partial charge in [-0.2, -0.15) is 5.10 Å². The molecule has 0 saturated carbocycles. The SMILES string of the molecule is COc1cc(F)c(-c2c(Cl)nnc(C)c2-c2ccc(Cl)cc2)c(F)c1. The molecule has 0 bridgehead atoms. The number of methoxy groups -OCH3 is 1. The van der Waals surface area contributed by atoms with Gasteiger partial charge in [0.25, 0.3) is 0 Å². The van der Waals surface area contributed by atoms with E-state index in [0.717, 1.165) is 12.1 Å². The first-order chi connectivity index (χ1) is 11.9. The number of hydrogen-bond donors (Lipinski definition) is 0. The van der Waals surface area contributed by atoms with Crippen molar-refractivity contribution in [2.24, 2.45) is 0 Å². The lowest BCUT2D eigenvalue weighted by atomic mass is 9.94. The predicted molar refractivity (Wildman–Crippen MR) is 94.1 cm³/mol. The quantitative estimate of drug-likeness (QED) is 0.583. The zero-order valence-electron chi connectivity index (χ0n) is 13.3. The zero-order chi connectivity index (χ0) is 18.1. The highest BCUT2D eigenvalue weighted by Crippen LogP contribution is 2.41. The molecule has 128 valence electrons. The molecule has 0 atom stereocenters. The first-order valence-electron chi connectivity index (χ1n) is 7.24. The Morgan fingerprint density at radius 3 is 2.04 bits per heavy atom. The Kier molecular flexibility index (Phi) is 4.88. The topological polar surface area (TPSA) is 35.0 Å². The molecule has 0 aliphatic heterocycles. The molecule has 0 spiro atoms. The van der Waals surface area contributed by atoms with Gasteiger partial charge in [-0.3, -0.25) is 0 Å². The summed E-state index contributed by atoms with van der Waals surface area (Å²) in [6.45, 7) is 1.69. The van der Waals surface area contributed by atoms with Crippen LogP contribution in [0, 0.1) is 18.6 Å². The predicted octanol–water partition coefficient (Wildman–Crippen LogP) is 5.71. The molecule has 3 nitrogen and oxygen atoms in total. The van der Waals surface area contributed by atoms with Crippen molar-refractivity contribution in [3.8, 4) is 28.0 Å². The molecule has 3 rings (SSSR count). The van der Waals surface area contributed by atoms with Crippen molar-refractivity contribution >= 4 is 23.2 Å². The normalized spacial score (nSPS) is 10.8. The fourth-order valence-electron chi connectivity index (χ4n) is 2.61. The zero-order valence-corrected chi connectivity index (χ0v) is 14.8. The van der Waals surface area contributed by atoms with Gasteiger partial charge < -0.3 is 4.74 Å². The molecule has 0 saturated heterocycles. The van der Waals surface area contributed by atoms with Crippen molar-refractivity contribution in [2.45, 2.75) is 6.92 Å². The molecule has 0 amide bonds. The van der Waals surface area contributed by atoms with E-state index in [1.165, 1.54) is 7.11 Å². The van der Waals surface area contributed by atoms with Crippen molar-refractivity contribution in [2.75, 3.05) is 7.11 Å². The number of rotatable bonds is 3. The van der Waals surface area contributed by atoms with Crippen LogP contribution in [0.5, 0.6) is 5.75 Å². The molecule has 0 aliphatic carbocycles. The van der Waals surface area contributed by atoms with Crippen LogP contribution in [-0.4, -0.2) is 17.3 Å². The Labute approximate surface area is 153 Å². The molecular weight excluding hydrogens is 369 g/mol. The van der Waals surface area contributed by atoms with E-state index in [-0.39, 0.29) is 22.0 Å². The number of hydrogen-bond acceptors (Lipinski definition) is 3. The van der Waals surface area contributed by atoms with Crippen LogP contribution in [-0.2, 0) is 0 Å². The van der Waals surface area contributed by atoms with Crippen molar-refractivity contribution in [1.29, 1.82) is 0 Å². The number of halogens is 4. The molecule has 25 heavy (non-hydrogen) atoms. The molecule has 0 N–H and O–H groups in total. The molecule has 0 fully saturated rings. The van der Waals surface area contributed by atoms with Crippen LogP contribution in [0.1, 0.15) is 5.69 Å². The summed E-state index contributed by atoms with van der Waals surface area (Å²) in [7, 11) is 1.33. The Balaban J connectivity index is 2.34. The fourth-order valence-corrected chi connectivity index (χ4v) is 2.96. The van der Waals surface area contributed by atoms with Crippen LogP contribution in [0.4, 0.5) is 8.78 Å². The van der Waals surface area contributed by atoms with E-state index in [2.05, 4.69) is 10.2 Å². The lowest BCUT2D eigenvalue weighted by Gasteiger charge is -2.15. The van der Waals surface area contributed by atoms with Crippen LogP contribution in [0.15, 0.2) is 36.4 Å². The summed E-state index contributed by atoms with van der Waals surface area (Å²) in [6.07, 6.45) is 0. The van der Waals surface area contributed by atoms with E-state index in [1.54, 1.807) is 31.2 Å². The maximum absolute atomic E-state index is 14.6. The second kappa shape index (κ2) is 6.94. The van der Waals surface area contributed by atoms with Gasteiger partial charge in [0, 0.05) is 28.3 Å². The number of benzene rings is 2. The summed E-state index contributed by atoms with van der Waals surface area (Å²) in [6, 6.07) is 8.99. The molecule has 0 aliphatic rings. The van der Waals surface area contributed by atoms with Crippen LogP contribution >= 0.6 is 23.2 Å². The molecule has 0 radical (unpaired) electrons. The van der Waals surface area contributed by atoms with Gasteiger partial charge in [-0.25, -0.2) is 8.78 Å². The van der Waals surface area contributed by atoms with E-state index >= 15 is 0 Å². The third-order valence-electron chi connectivity index (χ3n) is 3.74. The molecule has 7 heteroatoms. The van der Waals surface area contributed by atoms with Crippen molar-refractivity contribution in [3.05, 3.63) is 63.9 Å². The summed E-state index contributed by atoms with van der Waals surface area (Å²) in [5.74, 6) is -1.54. The van der Waals surface area contributed by atoms with Gasteiger partial charge in [0.2, 0.25) is 0 Å². The van der Waals surface area contributed by atoms with E-state index in [1.807, 2.05) is 0 Å². The second-order valence-corrected chi connectivity index (χ2v) is 6.09. The maximum atomic E-state index is 14.6. The average molecular weight is 381 g/mol. The minimum Gasteiger partial charge on any atom is -0.497 e. The van der Waals surface area contributed by atoms with Crippen molar-refractivity contribution < 1.29 is 13.5 Å². The Hall–Kier alpha value is -2.24. The van der Waals surface area contributed by atoms with Gasteiger partial charge >= 0.3 is 0 Å². The summed E-state index contributed by atoms with van der Waals surface area (Å²) >= 11 is 12.1. The van der Waals surface area contributed by atoms with Gasteiger partial charge in [0.1, 0.15) is 17.4 Å². The van der Waals surface area contributed by atoms with Crippen molar-refractivity contribution in [1.82, 2.24) is 10.2 Å². The largest absolute Gasteiger partial charge is 0.497 e. The lowest BCUT2D eigenvalue weighted by molar-refractivity contribution is 0.407. The minimum atomic E-state index is -0.804. The molecular formula is C18H12Cl2F2N2O. The van der Waals surface area contributed by atoms with Crippen LogP contribution in [0.25, 0.3) is 22.3 Å². The summed E-state index contributed by atoms with van der Waals surface area (Å²) in [5, 5.41) is 8.22. The van der Waals surface area contributed by atoms with Crippen LogP contribution in [0.2, 0.25) is 10.2 Å². The number of aromatic nitrogens is 2. The Morgan fingerprint density at radius 1 is 0.880 bits per heavy atom. The minimum absolute atomic E-state index is 0.0710. The van der Waals surface area contributed by atoms with E-state index in [4.69, 9.17) is 27.9 Å². The monoisotopic (exact) mass is 380 g/mol. The second-order valence-electron chi connectivity index (χ2n) is 5.30. The molecule has 3 aromatic rings. The molecule has 1 aromatic heterocycles. The molecule has 2 aromatic carbocycles. The molecule has 0 unspecified atom stereocenters. The number of ether oxygens (including phenoxy) is 1. The highest BCUT2D eigenvalue weighted by Gasteiger charge is 2.23. The van der Waals surface area contributed by atoms with E-state index in [0.29, 0.717) is 21.8 Å². The van der Waals surface area contributed by atoms with Crippen LogP contribution in [0.3, 0.4) is 0 Å². The Bertz CT molecular complexity index is 924. The van der Waals surface area contributed by atoms with Gasteiger partial charge in [-0.1, -0.05) is 35.3 Å². The average Bonchev–Trinajstić information content (AvgIpc) is 2.58. The summed E-state index contributed by atoms with van der Waals surface area (Å²) in [4.78, 5) is 0. The van der Waals surface area contributed by atoms with Gasteiger partial charge in [-0.15, -0.1) is 5.10 Å². The molecule has 1 heterocycles. The highest BCUT2D eigenvalue weighted by molar-refractivity contribution is 6.33. The van der Waals surface area contributed by atoms with Gasteiger partial charge in [-0.05, 0) is 24.6 Å². The van der Waals surface area contributed by atoms with Gasteiger partial charge in [0.05, 0.1) is 18.4 Å². The summed E-state index contributed by atoms with van der Waals surface area (Å²) < 4.78 is 34.1. The van der Waals surface area contributed by atoms with Gasteiger partial charge in [0.15, 0.2) is 5.15 Å². The smallest absolute Gasteiger partial charge is 0.160 e. The number of nitrogens with zero attached hydrogens (tertiary/aromatic N) is 2. The third-order valence-corrected chi connectivity index (χ3v) is 4.26. The van der Waals surface area contributed by atoms with Crippen LogP contribution < -0.4 is 4.74 Å². The standard InChI is InChI=1S/C18H12Cl2F2N2O/c1-9-15(10-3-5-11(19)6-4-10)17(18(20)24-23-9)16-13(21)7-12(25-2)8-14(16)22/h3-8H,1-2H3. The highest BCUT2D eigenvalue weighted by atomic mass is 35.5.